The number of nitrogens with zero attached hydrogens (tertiary/aromatic N) is 4. The van der Waals surface area contributed by atoms with E-state index in [0.29, 0.717) is 5.95 Å². The first kappa shape index (κ1) is 12.5. The van der Waals surface area contributed by atoms with Gasteiger partial charge in [-0.3, -0.25) is 9.25 Å². The van der Waals surface area contributed by atoms with Crippen molar-refractivity contribution in [2.24, 2.45) is 7.05 Å². The Labute approximate surface area is 113 Å². The van der Waals surface area contributed by atoms with E-state index in [9.17, 15) is 0 Å². The molecule has 0 radical (unpaired) electrons. The van der Waals surface area contributed by atoms with Gasteiger partial charge in [0, 0.05) is 12.6 Å². The van der Waals surface area contributed by atoms with Crippen molar-refractivity contribution >= 4 is 17.1 Å². The lowest BCUT2D eigenvalue weighted by atomic mass is 9.74. The molecule has 0 spiro atoms. The average molecular weight is 261 g/mol. The Morgan fingerprint density at radius 1 is 1.32 bits per heavy atom. The second-order valence-corrected chi connectivity index (χ2v) is 5.73. The van der Waals surface area contributed by atoms with Crippen LogP contribution in [0.3, 0.4) is 0 Å². The number of anilines is 1. The Hall–Kier alpha value is -1.52. The second-order valence-electron chi connectivity index (χ2n) is 5.73. The van der Waals surface area contributed by atoms with Crippen LogP contribution in [-0.4, -0.2) is 19.3 Å². The normalized spacial score (nSPS) is 17.8. The van der Waals surface area contributed by atoms with Crippen molar-refractivity contribution in [2.75, 3.05) is 5.73 Å². The highest BCUT2D eigenvalue weighted by Gasteiger charge is 2.40. The summed E-state index contributed by atoms with van der Waals surface area (Å²) < 4.78 is 4.21. The number of aromatic nitrogens is 4. The van der Waals surface area contributed by atoms with Gasteiger partial charge < -0.3 is 5.73 Å². The highest BCUT2D eigenvalue weighted by Crippen LogP contribution is 2.45. The molecule has 1 aliphatic rings. The third kappa shape index (κ3) is 1.60. The lowest BCUT2D eigenvalue weighted by Gasteiger charge is -2.43. The molecule has 1 saturated carbocycles. The van der Waals surface area contributed by atoms with Crippen LogP contribution in [0.1, 0.15) is 51.6 Å². The molecule has 0 unspecified atom stereocenters. The summed E-state index contributed by atoms with van der Waals surface area (Å²) in [5.74, 6) is 0.655. The fourth-order valence-electron chi connectivity index (χ4n) is 3.39. The Kier molecular flexibility index (Phi) is 2.80. The van der Waals surface area contributed by atoms with E-state index in [-0.39, 0.29) is 5.54 Å². The summed E-state index contributed by atoms with van der Waals surface area (Å²) in [4.78, 5) is 4.61. The molecule has 0 atom stereocenters. The Balaban J connectivity index is 2.22. The first-order valence-electron chi connectivity index (χ1n) is 7.33. The van der Waals surface area contributed by atoms with Gasteiger partial charge in [0.15, 0.2) is 5.65 Å². The number of fused-ring (bicyclic) bond motifs is 1. The molecule has 2 N–H and O–H groups in total. The molecule has 19 heavy (non-hydrogen) atoms. The topological polar surface area (TPSA) is 61.7 Å². The van der Waals surface area contributed by atoms with Crippen molar-refractivity contribution in [3.8, 4) is 0 Å². The van der Waals surface area contributed by atoms with Crippen LogP contribution in [0.2, 0.25) is 0 Å². The van der Waals surface area contributed by atoms with Crippen molar-refractivity contribution in [1.82, 2.24) is 19.3 Å². The number of hydrogen-bond acceptors (Lipinski definition) is 3. The van der Waals surface area contributed by atoms with Crippen LogP contribution in [-0.2, 0) is 19.0 Å². The number of nitrogens with two attached hydrogens (primary N) is 1. The van der Waals surface area contributed by atoms with Crippen LogP contribution in [0.15, 0.2) is 0 Å². The van der Waals surface area contributed by atoms with Crippen LogP contribution in [0.5, 0.6) is 0 Å². The fraction of sp³-hybridized carbons (Fsp3) is 0.714. The molecule has 3 rings (SSSR count). The predicted octanol–water partition coefficient (Wildman–Crippen LogP) is 2.59. The Morgan fingerprint density at radius 3 is 2.58 bits per heavy atom. The van der Waals surface area contributed by atoms with Gasteiger partial charge >= 0.3 is 0 Å². The zero-order valence-electron chi connectivity index (χ0n) is 12.1. The Bertz CT molecular complexity index is 597. The molecule has 0 amide bonds. The molecule has 0 saturated heterocycles. The maximum absolute atomic E-state index is 6.21. The minimum Gasteiger partial charge on any atom is -0.369 e. The molecule has 2 aromatic heterocycles. The summed E-state index contributed by atoms with van der Waals surface area (Å²) in [5, 5.41) is 4.63. The Morgan fingerprint density at radius 2 is 2.05 bits per heavy atom. The highest BCUT2D eigenvalue weighted by atomic mass is 15.4. The summed E-state index contributed by atoms with van der Waals surface area (Å²) >= 11 is 0. The lowest BCUT2D eigenvalue weighted by Crippen LogP contribution is -2.40. The maximum atomic E-state index is 6.21. The molecule has 2 heterocycles. The monoisotopic (exact) mass is 261 g/mol. The van der Waals surface area contributed by atoms with Crippen LogP contribution in [0.25, 0.3) is 11.2 Å². The molecule has 0 aromatic carbocycles. The molecule has 2 aromatic rings. The van der Waals surface area contributed by atoms with Crippen molar-refractivity contribution in [3.05, 3.63) is 5.69 Å². The van der Waals surface area contributed by atoms with Crippen LogP contribution >= 0.6 is 0 Å². The van der Waals surface area contributed by atoms with E-state index in [1.165, 1.54) is 19.3 Å². The number of nitrogen functional groups attached to an aromatic ring is 1. The molecular formula is C14H23N5. The maximum Gasteiger partial charge on any atom is 0.203 e. The number of rotatable bonds is 4. The van der Waals surface area contributed by atoms with E-state index in [2.05, 4.69) is 28.5 Å². The van der Waals surface area contributed by atoms with E-state index in [1.54, 1.807) is 0 Å². The van der Waals surface area contributed by atoms with Gasteiger partial charge in [0.25, 0.3) is 0 Å². The third-order valence-corrected chi connectivity index (χ3v) is 4.63. The fourth-order valence-corrected chi connectivity index (χ4v) is 3.39. The van der Waals surface area contributed by atoms with Crippen molar-refractivity contribution in [3.63, 3.8) is 0 Å². The van der Waals surface area contributed by atoms with Gasteiger partial charge in [-0.15, -0.1) is 0 Å². The summed E-state index contributed by atoms with van der Waals surface area (Å²) in [5.41, 5.74) is 9.57. The van der Waals surface area contributed by atoms with Gasteiger partial charge in [-0.25, -0.2) is 4.98 Å². The molecule has 0 bridgehead atoms. The number of imidazole rings is 1. The van der Waals surface area contributed by atoms with Gasteiger partial charge in [0.05, 0.1) is 5.69 Å². The van der Waals surface area contributed by atoms with Crippen molar-refractivity contribution in [1.29, 1.82) is 0 Å². The summed E-state index contributed by atoms with van der Waals surface area (Å²) in [6, 6.07) is 0. The zero-order chi connectivity index (χ0) is 13.6. The molecule has 1 aliphatic carbocycles. The molecular weight excluding hydrogens is 238 g/mol. The van der Waals surface area contributed by atoms with Gasteiger partial charge in [0.1, 0.15) is 5.52 Å². The van der Waals surface area contributed by atoms with Crippen molar-refractivity contribution < 1.29 is 0 Å². The van der Waals surface area contributed by atoms with Crippen LogP contribution in [0.4, 0.5) is 5.95 Å². The quantitative estimate of drug-likeness (QED) is 0.920. The van der Waals surface area contributed by atoms with E-state index in [4.69, 9.17) is 5.73 Å². The summed E-state index contributed by atoms with van der Waals surface area (Å²) in [7, 11) is 2.00. The van der Waals surface area contributed by atoms with Crippen LogP contribution in [0, 0.1) is 0 Å². The number of aryl methyl sites for hydroxylation is 2. The van der Waals surface area contributed by atoms with Crippen molar-refractivity contribution in [2.45, 2.75) is 57.9 Å². The largest absolute Gasteiger partial charge is 0.369 e. The van der Waals surface area contributed by atoms with Gasteiger partial charge in [-0.05, 0) is 32.1 Å². The predicted molar refractivity (Wildman–Crippen MR) is 77.0 cm³/mol. The SMILES string of the molecule is CCCc1nn(C)c2c1nc(N)n2C1(CC)CCC1. The lowest BCUT2D eigenvalue weighted by molar-refractivity contribution is 0.143. The summed E-state index contributed by atoms with van der Waals surface area (Å²) in [6.45, 7) is 4.41. The molecule has 104 valence electrons. The van der Waals surface area contributed by atoms with Gasteiger partial charge in [-0.1, -0.05) is 20.3 Å². The average Bonchev–Trinajstić information content (AvgIpc) is 2.80. The van der Waals surface area contributed by atoms with Gasteiger partial charge in [0.2, 0.25) is 5.95 Å². The zero-order valence-corrected chi connectivity index (χ0v) is 12.1. The van der Waals surface area contributed by atoms with E-state index >= 15 is 0 Å². The van der Waals surface area contributed by atoms with E-state index < -0.39 is 0 Å². The van der Waals surface area contributed by atoms with E-state index in [1.807, 2.05) is 11.7 Å². The summed E-state index contributed by atoms with van der Waals surface area (Å²) in [6.07, 6.45) is 6.84. The first-order chi connectivity index (χ1) is 9.13. The number of hydrogen-bond donors (Lipinski definition) is 1. The molecule has 5 nitrogen and oxygen atoms in total. The smallest absolute Gasteiger partial charge is 0.203 e. The van der Waals surface area contributed by atoms with E-state index in [0.717, 1.165) is 36.1 Å². The first-order valence-corrected chi connectivity index (χ1v) is 7.33. The minimum absolute atomic E-state index is 0.177. The molecule has 0 aliphatic heterocycles. The van der Waals surface area contributed by atoms with Gasteiger partial charge in [-0.2, -0.15) is 5.10 Å². The molecule has 1 fully saturated rings. The standard InChI is InChI=1S/C14H23N5/c1-4-7-10-11-12(18(3)17-10)19(13(15)16-11)14(5-2)8-6-9-14/h4-9H2,1-3H3,(H2,15,16). The molecule has 5 heteroatoms. The minimum atomic E-state index is 0.177. The van der Waals surface area contributed by atoms with Crippen LogP contribution < -0.4 is 5.73 Å². The third-order valence-electron chi connectivity index (χ3n) is 4.63. The second kappa shape index (κ2) is 4.25. The highest BCUT2D eigenvalue weighted by molar-refractivity contribution is 5.78.